The highest BCUT2D eigenvalue weighted by Gasteiger charge is 2.29. The Morgan fingerprint density at radius 3 is 2.10 bits per heavy atom. The van der Waals surface area contributed by atoms with Crippen LogP contribution >= 0.6 is 58.2 Å². The lowest BCUT2D eigenvalue weighted by atomic mass is 10.1. The van der Waals surface area contributed by atoms with Crippen LogP contribution in [-0.2, 0) is 4.79 Å². The van der Waals surface area contributed by atoms with Gasteiger partial charge in [-0.25, -0.2) is 9.18 Å². The summed E-state index contributed by atoms with van der Waals surface area (Å²) in [4.78, 5) is 42.2. The number of amides is 2. The standard InChI is InChI=1S/C26H20Cl4FN3O4S/c27-21-19(20(26(37)38)22(28)24(30)23(21)29)25(36)32-15-2-1-3-17(12-15)39-13-18(35)34-10-8-33(9-11-34)16-6-4-14(31)5-7-16/h1-7,12H,8-11,13H2,(H,32,36)(H,37,38). The molecule has 0 radical (unpaired) electrons. The number of halogens is 5. The Morgan fingerprint density at radius 1 is 0.872 bits per heavy atom. The Kier molecular flexibility index (Phi) is 9.51. The van der Waals surface area contributed by atoms with Crippen molar-refractivity contribution in [3.8, 4) is 0 Å². The summed E-state index contributed by atoms with van der Waals surface area (Å²) in [6.45, 7) is 2.38. The van der Waals surface area contributed by atoms with Gasteiger partial charge in [0, 0.05) is 42.4 Å². The number of hydrogen-bond donors (Lipinski definition) is 2. The van der Waals surface area contributed by atoms with Gasteiger partial charge in [0.05, 0.1) is 37.0 Å². The van der Waals surface area contributed by atoms with Crippen LogP contribution in [0.4, 0.5) is 15.8 Å². The average Bonchev–Trinajstić information content (AvgIpc) is 2.92. The molecule has 0 unspecified atom stereocenters. The lowest BCUT2D eigenvalue weighted by Gasteiger charge is -2.36. The molecule has 0 aromatic heterocycles. The van der Waals surface area contributed by atoms with Gasteiger partial charge in [-0.15, -0.1) is 11.8 Å². The maximum Gasteiger partial charge on any atom is 0.338 e. The predicted molar refractivity (Wildman–Crippen MR) is 154 cm³/mol. The van der Waals surface area contributed by atoms with Crippen molar-refractivity contribution in [1.29, 1.82) is 0 Å². The third-order valence-electron chi connectivity index (χ3n) is 5.99. The number of carboxylic acids is 1. The molecule has 39 heavy (non-hydrogen) atoms. The molecule has 1 saturated heterocycles. The SMILES string of the molecule is O=C(O)c1c(Cl)c(Cl)c(Cl)c(Cl)c1C(=O)Nc1cccc(SCC(=O)N2CCN(c3ccc(F)cc3)CC2)c1. The highest BCUT2D eigenvalue weighted by Crippen LogP contribution is 2.42. The molecule has 1 heterocycles. The first kappa shape index (κ1) is 29.3. The van der Waals surface area contributed by atoms with E-state index in [2.05, 4.69) is 10.2 Å². The average molecular weight is 631 g/mol. The Morgan fingerprint density at radius 2 is 1.49 bits per heavy atom. The third-order valence-corrected chi connectivity index (χ3v) is 8.77. The van der Waals surface area contributed by atoms with Crippen molar-refractivity contribution in [2.45, 2.75) is 4.90 Å². The number of carbonyl (C=O) groups is 3. The molecule has 0 atom stereocenters. The molecule has 0 spiro atoms. The minimum atomic E-state index is -1.49. The fourth-order valence-corrected chi connectivity index (χ4v) is 5.88. The van der Waals surface area contributed by atoms with Gasteiger partial charge in [0.2, 0.25) is 5.91 Å². The molecule has 3 aromatic carbocycles. The maximum atomic E-state index is 13.2. The number of rotatable bonds is 7. The second-order valence-electron chi connectivity index (χ2n) is 8.43. The summed E-state index contributed by atoms with van der Waals surface area (Å²) in [5, 5.41) is 10.9. The van der Waals surface area contributed by atoms with Crippen LogP contribution in [0.2, 0.25) is 20.1 Å². The molecule has 2 N–H and O–H groups in total. The van der Waals surface area contributed by atoms with Gasteiger partial charge in [-0.05, 0) is 42.5 Å². The number of carboxylic acid groups (broad SMARTS) is 1. The van der Waals surface area contributed by atoms with Gasteiger partial charge in [-0.2, -0.15) is 0 Å². The monoisotopic (exact) mass is 629 g/mol. The Labute approximate surface area is 247 Å². The van der Waals surface area contributed by atoms with E-state index in [0.29, 0.717) is 36.8 Å². The number of carbonyl (C=O) groups excluding carboxylic acids is 2. The van der Waals surface area contributed by atoms with Crippen molar-refractivity contribution in [1.82, 2.24) is 4.90 Å². The van der Waals surface area contributed by atoms with E-state index in [0.717, 1.165) is 5.69 Å². The predicted octanol–water partition coefficient (Wildman–Crippen LogP) is 6.83. The number of aromatic carboxylic acids is 1. The minimum absolute atomic E-state index is 0.0310. The zero-order valence-corrected chi connectivity index (χ0v) is 23.9. The molecule has 204 valence electrons. The molecule has 3 aromatic rings. The third kappa shape index (κ3) is 6.73. The molecule has 13 heteroatoms. The van der Waals surface area contributed by atoms with E-state index in [1.165, 1.54) is 23.9 Å². The number of nitrogens with zero attached hydrogens (tertiary/aromatic N) is 2. The second kappa shape index (κ2) is 12.7. The Hall–Kier alpha value is -2.69. The van der Waals surface area contributed by atoms with Crippen molar-refractivity contribution < 1.29 is 23.9 Å². The van der Waals surface area contributed by atoms with Crippen LogP contribution in [0.5, 0.6) is 0 Å². The number of benzene rings is 3. The second-order valence-corrected chi connectivity index (χ2v) is 11.0. The first-order valence-electron chi connectivity index (χ1n) is 11.5. The van der Waals surface area contributed by atoms with Crippen LogP contribution in [-0.4, -0.2) is 59.7 Å². The Balaban J connectivity index is 1.37. The maximum absolute atomic E-state index is 13.2. The minimum Gasteiger partial charge on any atom is -0.478 e. The van der Waals surface area contributed by atoms with E-state index in [1.54, 1.807) is 41.3 Å². The molecule has 2 amide bonds. The van der Waals surface area contributed by atoms with Crippen LogP contribution in [0.15, 0.2) is 53.4 Å². The van der Waals surface area contributed by atoms with Crippen LogP contribution in [0.25, 0.3) is 0 Å². The van der Waals surface area contributed by atoms with Crippen molar-refractivity contribution in [3.05, 3.63) is 85.6 Å². The van der Waals surface area contributed by atoms with Gasteiger partial charge in [0.25, 0.3) is 5.91 Å². The molecule has 1 aliphatic heterocycles. The summed E-state index contributed by atoms with van der Waals surface area (Å²) < 4.78 is 13.2. The number of anilines is 2. The van der Waals surface area contributed by atoms with Crippen molar-refractivity contribution in [2.75, 3.05) is 42.1 Å². The zero-order valence-electron chi connectivity index (χ0n) is 20.0. The van der Waals surface area contributed by atoms with Crippen molar-refractivity contribution in [3.63, 3.8) is 0 Å². The summed E-state index contributed by atoms with van der Waals surface area (Å²) in [5.74, 6) is -2.47. The lowest BCUT2D eigenvalue weighted by Crippen LogP contribution is -2.49. The summed E-state index contributed by atoms with van der Waals surface area (Å²) in [7, 11) is 0. The molecule has 1 fully saturated rings. The molecule has 0 bridgehead atoms. The van der Waals surface area contributed by atoms with E-state index in [4.69, 9.17) is 46.4 Å². The van der Waals surface area contributed by atoms with Gasteiger partial charge in [-0.1, -0.05) is 52.5 Å². The summed E-state index contributed by atoms with van der Waals surface area (Å²) in [5.41, 5.74) is 0.275. The lowest BCUT2D eigenvalue weighted by molar-refractivity contribution is -0.128. The van der Waals surface area contributed by atoms with E-state index in [9.17, 15) is 23.9 Å². The smallest absolute Gasteiger partial charge is 0.338 e. The first-order chi connectivity index (χ1) is 18.6. The van der Waals surface area contributed by atoms with Crippen LogP contribution in [0.3, 0.4) is 0 Å². The van der Waals surface area contributed by atoms with E-state index in [1.807, 2.05) is 0 Å². The summed E-state index contributed by atoms with van der Waals surface area (Å²) in [6, 6.07) is 13.0. The van der Waals surface area contributed by atoms with Crippen LogP contribution in [0, 0.1) is 5.82 Å². The van der Waals surface area contributed by atoms with Crippen molar-refractivity contribution >= 4 is 87.3 Å². The van der Waals surface area contributed by atoms with E-state index < -0.39 is 28.0 Å². The first-order valence-corrected chi connectivity index (χ1v) is 14.0. The van der Waals surface area contributed by atoms with Gasteiger partial charge >= 0.3 is 5.97 Å². The zero-order chi connectivity index (χ0) is 28.3. The van der Waals surface area contributed by atoms with Crippen molar-refractivity contribution in [2.24, 2.45) is 0 Å². The van der Waals surface area contributed by atoms with Gasteiger partial charge < -0.3 is 20.2 Å². The molecule has 1 aliphatic rings. The number of piperazine rings is 1. The molecule has 7 nitrogen and oxygen atoms in total. The van der Waals surface area contributed by atoms with E-state index in [-0.39, 0.29) is 32.5 Å². The van der Waals surface area contributed by atoms with Gasteiger partial charge in [0.1, 0.15) is 5.82 Å². The molecule has 0 saturated carbocycles. The largest absolute Gasteiger partial charge is 0.478 e. The summed E-state index contributed by atoms with van der Waals surface area (Å²) >= 11 is 25.5. The van der Waals surface area contributed by atoms with Crippen LogP contribution in [0.1, 0.15) is 20.7 Å². The number of hydrogen-bond acceptors (Lipinski definition) is 5. The fraction of sp³-hybridized carbons (Fsp3) is 0.192. The number of thioether (sulfide) groups is 1. The summed E-state index contributed by atoms with van der Waals surface area (Å²) in [6.07, 6.45) is 0. The highest BCUT2D eigenvalue weighted by atomic mass is 35.5. The molecular formula is C26H20Cl4FN3O4S. The van der Waals surface area contributed by atoms with Gasteiger partial charge in [-0.3, -0.25) is 9.59 Å². The quantitative estimate of drug-likeness (QED) is 0.169. The number of nitrogens with one attached hydrogen (secondary N) is 1. The van der Waals surface area contributed by atoms with Crippen LogP contribution < -0.4 is 10.2 Å². The molecule has 4 rings (SSSR count). The topological polar surface area (TPSA) is 89.9 Å². The normalized spacial score (nSPS) is 13.4. The molecular weight excluding hydrogens is 611 g/mol. The fourth-order valence-electron chi connectivity index (χ4n) is 4.01. The highest BCUT2D eigenvalue weighted by molar-refractivity contribution is 8.00. The van der Waals surface area contributed by atoms with Gasteiger partial charge in [0.15, 0.2) is 0 Å². The molecule has 0 aliphatic carbocycles. The Bertz CT molecular complexity index is 1430. The van der Waals surface area contributed by atoms with E-state index >= 15 is 0 Å².